The number of benzene rings is 2. The van der Waals surface area contributed by atoms with Gasteiger partial charge in [-0.25, -0.2) is 4.79 Å². The van der Waals surface area contributed by atoms with Gasteiger partial charge in [-0.2, -0.15) is 0 Å². The SMILES string of the molecule is COc1ccc(CNC(=O)NC[C@H](O)Cc2ccccc2)cc1. The molecule has 0 heterocycles. The molecule has 2 aromatic rings. The van der Waals surface area contributed by atoms with Crippen LogP contribution >= 0.6 is 0 Å². The summed E-state index contributed by atoms with van der Waals surface area (Å²) < 4.78 is 5.08. The molecule has 0 fully saturated rings. The van der Waals surface area contributed by atoms with Gasteiger partial charge in [0, 0.05) is 19.5 Å². The van der Waals surface area contributed by atoms with Gasteiger partial charge < -0.3 is 20.5 Å². The zero-order valence-corrected chi connectivity index (χ0v) is 13.2. The summed E-state index contributed by atoms with van der Waals surface area (Å²) in [5, 5.41) is 15.4. The van der Waals surface area contributed by atoms with Crippen molar-refractivity contribution in [2.45, 2.75) is 19.1 Å². The van der Waals surface area contributed by atoms with Crippen molar-refractivity contribution in [3.05, 3.63) is 65.7 Å². The number of aliphatic hydroxyl groups excluding tert-OH is 1. The van der Waals surface area contributed by atoms with E-state index in [1.807, 2.05) is 54.6 Å². The highest BCUT2D eigenvalue weighted by Crippen LogP contribution is 2.10. The summed E-state index contributed by atoms with van der Waals surface area (Å²) in [5.74, 6) is 0.780. The molecule has 0 unspecified atom stereocenters. The molecular weight excluding hydrogens is 292 g/mol. The molecule has 0 aliphatic rings. The van der Waals surface area contributed by atoms with Crippen LogP contribution in [0.5, 0.6) is 5.75 Å². The van der Waals surface area contributed by atoms with Crippen LogP contribution in [0, 0.1) is 0 Å². The van der Waals surface area contributed by atoms with Crippen molar-refractivity contribution in [1.82, 2.24) is 10.6 Å². The third-order valence-electron chi connectivity index (χ3n) is 3.42. The molecule has 23 heavy (non-hydrogen) atoms. The van der Waals surface area contributed by atoms with Crippen molar-refractivity contribution in [2.24, 2.45) is 0 Å². The van der Waals surface area contributed by atoms with Crippen LogP contribution in [0.15, 0.2) is 54.6 Å². The van der Waals surface area contributed by atoms with E-state index in [1.165, 1.54) is 0 Å². The predicted octanol–water partition coefficient (Wildman–Crippen LogP) is 2.10. The molecule has 3 N–H and O–H groups in total. The number of rotatable bonds is 7. The summed E-state index contributed by atoms with van der Waals surface area (Å²) >= 11 is 0. The molecule has 122 valence electrons. The second kappa shape index (κ2) is 8.80. The van der Waals surface area contributed by atoms with Crippen LogP contribution < -0.4 is 15.4 Å². The maximum Gasteiger partial charge on any atom is 0.315 e. The minimum Gasteiger partial charge on any atom is -0.497 e. The Kier molecular flexibility index (Phi) is 6.44. The summed E-state index contributed by atoms with van der Waals surface area (Å²) in [4.78, 5) is 11.7. The number of urea groups is 1. The molecule has 2 aromatic carbocycles. The zero-order valence-electron chi connectivity index (χ0n) is 13.2. The molecule has 0 aromatic heterocycles. The molecule has 0 spiro atoms. The average Bonchev–Trinajstić information content (AvgIpc) is 2.59. The van der Waals surface area contributed by atoms with Gasteiger partial charge in [0.05, 0.1) is 13.2 Å². The zero-order chi connectivity index (χ0) is 16.5. The van der Waals surface area contributed by atoms with Crippen molar-refractivity contribution in [3.8, 4) is 5.75 Å². The molecule has 0 bridgehead atoms. The molecular formula is C18H22N2O3. The standard InChI is InChI=1S/C18H22N2O3/c1-23-17-9-7-15(8-10-17)12-19-18(22)20-13-16(21)11-14-5-3-2-4-6-14/h2-10,16,21H,11-13H2,1H3,(H2,19,20,22)/t16-/m1/s1. The first-order valence-electron chi connectivity index (χ1n) is 7.54. The van der Waals surface area contributed by atoms with E-state index in [4.69, 9.17) is 4.74 Å². The normalized spacial score (nSPS) is 11.6. The number of hydrogen-bond acceptors (Lipinski definition) is 3. The lowest BCUT2D eigenvalue weighted by atomic mass is 10.1. The molecule has 5 nitrogen and oxygen atoms in total. The average molecular weight is 314 g/mol. The van der Waals surface area contributed by atoms with E-state index in [1.54, 1.807) is 7.11 Å². The van der Waals surface area contributed by atoms with Crippen LogP contribution in [0.25, 0.3) is 0 Å². The Labute approximate surface area is 136 Å². The summed E-state index contributed by atoms with van der Waals surface area (Å²) in [6.07, 6.45) is -0.0938. The molecule has 2 amide bonds. The summed E-state index contributed by atoms with van der Waals surface area (Å²) in [6, 6.07) is 16.9. The predicted molar refractivity (Wildman–Crippen MR) is 89.4 cm³/mol. The first-order valence-corrected chi connectivity index (χ1v) is 7.54. The molecule has 2 rings (SSSR count). The van der Waals surface area contributed by atoms with E-state index in [0.717, 1.165) is 16.9 Å². The third kappa shape index (κ3) is 6.00. The smallest absolute Gasteiger partial charge is 0.315 e. The number of carbonyl (C=O) groups excluding carboxylic acids is 1. The second-order valence-corrected chi connectivity index (χ2v) is 5.26. The van der Waals surface area contributed by atoms with E-state index in [2.05, 4.69) is 10.6 Å². The topological polar surface area (TPSA) is 70.6 Å². The largest absolute Gasteiger partial charge is 0.497 e. The van der Waals surface area contributed by atoms with Gasteiger partial charge in [0.25, 0.3) is 0 Å². The molecule has 0 saturated heterocycles. The van der Waals surface area contributed by atoms with Gasteiger partial charge in [-0.1, -0.05) is 42.5 Å². The maximum absolute atomic E-state index is 11.7. The van der Waals surface area contributed by atoms with Crippen molar-refractivity contribution in [3.63, 3.8) is 0 Å². The number of carbonyl (C=O) groups is 1. The number of methoxy groups -OCH3 is 1. The Morgan fingerprint density at radius 1 is 1.04 bits per heavy atom. The molecule has 0 saturated carbocycles. The Morgan fingerprint density at radius 2 is 1.74 bits per heavy atom. The molecule has 0 aliphatic carbocycles. The quantitative estimate of drug-likeness (QED) is 0.733. The lowest BCUT2D eigenvalue weighted by Crippen LogP contribution is -2.39. The van der Waals surface area contributed by atoms with Crippen LogP contribution in [0.2, 0.25) is 0 Å². The number of amides is 2. The summed E-state index contributed by atoms with van der Waals surface area (Å²) in [6.45, 7) is 0.633. The first-order chi connectivity index (χ1) is 11.2. The molecule has 1 atom stereocenters. The summed E-state index contributed by atoms with van der Waals surface area (Å²) in [7, 11) is 1.61. The third-order valence-corrected chi connectivity index (χ3v) is 3.42. The highest BCUT2D eigenvalue weighted by Gasteiger charge is 2.07. The van der Waals surface area contributed by atoms with E-state index in [9.17, 15) is 9.90 Å². The fourth-order valence-electron chi connectivity index (χ4n) is 2.16. The van der Waals surface area contributed by atoms with Gasteiger partial charge in [-0.05, 0) is 23.3 Å². The van der Waals surface area contributed by atoms with Gasteiger partial charge in [0.15, 0.2) is 0 Å². The van der Waals surface area contributed by atoms with Crippen LogP contribution in [-0.2, 0) is 13.0 Å². The maximum atomic E-state index is 11.7. The Balaban J connectivity index is 1.68. The van der Waals surface area contributed by atoms with Gasteiger partial charge in [0.2, 0.25) is 0 Å². The van der Waals surface area contributed by atoms with Gasteiger partial charge in [0.1, 0.15) is 5.75 Å². The first kappa shape index (κ1) is 16.8. The molecule has 0 radical (unpaired) electrons. The van der Waals surface area contributed by atoms with Crippen molar-refractivity contribution in [1.29, 1.82) is 0 Å². The van der Waals surface area contributed by atoms with Crippen LogP contribution in [-0.4, -0.2) is 30.9 Å². The Hall–Kier alpha value is -2.53. The Bertz CT molecular complexity index is 599. The highest BCUT2D eigenvalue weighted by molar-refractivity contribution is 5.73. The van der Waals surface area contributed by atoms with E-state index >= 15 is 0 Å². The van der Waals surface area contributed by atoms with Gasteiger partial charge in [-0.15, -0.1) is 0 Å². The van der Waals surface area contributed by atoms with E-state index < -0.39 is 6.10 Å². The number of hydrogen-bond donors (Lipinski definition) is 3. The lowest BCUT2D eigenvalue weighted by Gasteiger charge is -2.13. The fourth-order valence-corrected chi connectivity index (χ4v) is 2.16. The van der Waals surface area contributed by atoms with Crippen molar-refractivity contribution >= 4 is 6.03 Å². The lowest BCUT2D eigenvalue weighted by molar-refractivity contribution is 0.170. The number of aliphatic hydroxyl groups is 1. The second-order valence-electron chi connectivity index (χ2n) is 5.26. The van der Waals surface area contributed by atoms with Crippen LogP contribution in [0.1, 0.15) is 11.1 Å². The van der Waals surface area contributed by atoms with Gasteiger partial charge in [-0.3, -0.25) is 0 Å². The van der Waals surface area contributed by atoms with Crippen LogP contribution in [0.4, 0.5) is 4.79 Å². The van der Waals surface area contributed by atoms with E-state index in [-0.39, 0.29) is 12.6 Å². The minimum absolute atomic E-state index is 0.212. The van der Waals surface area contributed by atoms with Crippen LogP contribution in [0.3, 0.4) is 0 Å². The van der Waals surface area contributed by atoms with Crippen molar-refractivity contribution in [2.75, 3.05) is 13.7 Å². The summed E-state index contributed by atoms with van der Waals surface area (Å²) in [5.41, 5.74) is 2.02. The number of ether oxygens (including phenoxy) is 1. The Morgan fingerprint density at radius 3 is 2.39 bits per heavy atom. The van der Waals surface area contributed by atoms with Crippen molar-refractivity contribution < 1.29 is 14.6 Å². The molecule has 5 heteroatoms. The molecule has 0 aliphatic heterocycles. The fraction of sp³-hybridized carbons (Fsp3) is 0.278. The number of nitrogens with one attached hydrogen (secondary N) is 2. The van der Waals surface area contributed by atoms with Gasteiger partial charge >= 0.3 is 6.03 Å². The van der Waals surface area contributed by atoms with E-state index in [0.29, 0.717) is 13.0 Å². The monoisotopic (exact) mass is 314 g/mol. The minimum atomic E-state index is -0.607. The highest BCUT2D eigenvalue weighted by atomic mass is 16.5.